The second-order valence-electron chi connectivity index (χ2n) is 4.38. The molecule has 0 aliphatic carbocycles. The molecule has 0 aromatic heterocycles. The van der Waals surface area contributed by atoms with Crippen molar-refractivity contribution in [2.24, 2.45) is 0 Å². The molecule has 0 N–H and O–H groups in total. The zero-order valence-corrected chi connectivity index (χ0v) is 12.8. The van der Waals surface area contributed by atoms with Crippen molar-refractivity contribution in [3.05, 3.63) is 66.8 Å². The van der Waals surface area contributed by atoms with E-state index in [-0.39, 0.29) is 6.54 Å². The van der Waals surface area contributed by atoms with Crippen LogP contribution < -0.4 is 0 Å². The Morgan fingerprint density at radius 2 is 1.80 bits per heavy atom. The molecule has 0 radical (unpaired) electrons. The average Bonchev–Trinajstić information content (AvgIpc) is 2.42. The normalized spacial score (nSPS) is 12.6. The minimum absolute atomic E-state index is 0.288. The van der Waals surface area contributed by atoms with Crippen LogP contribution in [0.1, 0.15) is 12.5 Å². The van der Waals surface area contributed by atoms with E-state index >= 15 is 0 Å². The number of hydrogen-bond donors (Lipinski definition) is 0. The fourth-order valence-electron chi connectivity index (χ4n) is 1.64. The molecule has 1 aromatic rings. The summed E-state index contributed by atoms with van der Waals surface area (Å²) in [6.07, 6.45) is 9.00. The maximum Gasteiger partial charge on any atom is 0.243 e. The van der Waals surface area contributed by atoms with Crippen molar-refractivity contribution < 1.29 is 8.42 Å². The van der Waals surface area contributed by atoms with Crippen molar-refractivity contribution in [2.45, 2.75) is 18.7 Å². The third-order valence-electron chi connectivity index (χ3n) is 2.74. The van der Waals surface area contributed by atoms with Crippen molar-refractivity contribution in [2.75, 3.05) is 13.1 Å². The number of allylic oxidation sites excluding steroid dienone is 3. The van der Waals surface area contributed by atoms with Crippen molar-refractivity contribution in [3.63, 3.8) is 0 Å². The zero-order valence-electron chi connectivity index (χ0n) is 12.0. The van der Waals surface area contributed by atoms with E-state index in [1.54, 1.807) is 30.3 Å². The Morgan fingerprint density at radius 1 is 1.15 bits per heavy atom. The van der Waals surface area contributed by atoms with Gasteiger partial charge in [-0.05, 0) is 26.0 Å². The van der Waals surface area contributed by atoms with Gasteiger partial charge in [0.05, 0.1) is 4.90 Å². The van der Waals surface area contributed by atoms with Crippen LogP contribution in [-0.4, -0.2) is 25.8 Å². The number of hydrogen-bond acceptors (Lipinski definition) is 2. The summed E-state index contributed by atoms with van der Waals surface area (Å²) in [4.78, 5) is 0.310. The number of nitrogens with zero attached hydrogens (tertiary/aromatic N) is 1. The van der Waals surface area contributed by atoms with Gasteiger partial charge in [0, 0.05) is 13.1 Å². The van der Waals surface area contributed by atoms with Crippen LogP contribution in [0.25, 0.3) is 0 Å². The molecule has 3 nitrogen and oxygen atoms in total. The Bertz CT molecular complexity index is 583. The lowest BCUT2D eigenvalue weighted by Gasteiger charge is -2.19. The van der Waals surface area contributed by atoms with Gasteiger partial charge in [0.25, 0.3) is 0 Å². The summed E-state index contributed by atoms with van der Waals surface area (Å²) in [6, 6.07) is 6.87. The minimum atomic E-state index is -3.48. The van der Waals surface area contributed by atoms with Crippen LogP contribution in [0.2, 0.25) is 0 Å². The topological polar surface area (TPSA) is 37.4 Å². The largest absolute Gasteiger partial charge is 0.243 e. The molecule has 0 fully saturated rings. The third kappa shape index (κ3) is 4.47. The first kappa shape index (κ1) is 16.4. The van der Waals surface area contributed by atoms with Gasteiger partial charge >= 0.3 is 0 Å². The summed E-state index contributed by atoms with van der Waals surface area (Å²) >= 11 is 0. The van der Waals surface area contributed by atoms with Crippen molar-refractivity contribution >= 4 is 10.0 Å². The molecule has 0 aliphatic heterocycles. The predicted octanol–water partition coefficient (Wildman–Crippen LogP) is 3.30. The predicted molar refractivity (Wildman–Crippen MR) is 84.1 cm³/mol. The van der Waals surface area contributed by atoms with Crippen molar-refractivity contribution in [1.29, 1.82) is 0 Å². The fraction of sp³-hybridized carbons (Fsp3) is 0.250. The molecule has 0 unspecified atom stereocenters. The summed E-state index contributed by atoms with van der Waals surface area (Å²) in [5.74, 6) is 0. The number of sulfonamides is 1. The molecule has 0 spiro atoms. The first-order valence-electron chi connectivity index (χ1n) is 6.48. The summed E-state index contributed by atoms with van der Waals surface area (Å²) < 4.78 is 26.4. The molecule has 0 bridgehead atoms. The van der Waals surface area contributed by atoms with Crippen LogP contribution in [0.4, 0.5) is 0 Å². The molecule has 20 heavy (non-hydrogen) atoms. The molecular formula is C16H21NO2S. The SMILES string of the molecule is C=CCN(C/C=C/C=C/C)S(=O)(=O)c1ccc(C)cc1. The highest BCUT2D eigenvalue weighted by Crippen LogP contribution is 2.16. The van der Waals surface area contributed by atoms with Crippen LogP contribution in [0.5, 0.6) is 0 Å². The smallest absolute Gasteiger partial charge is 0.207 e. The molecule has 1 rings (SSSR count). The molecular weight excluding hydrogens is 270 g/mol. The van der Waals surface area contributed by atoms with E-state index in [1.165, 1.54) is 4.31 Å². The number of aryl methyl sites for hydroxylation is 1. The molecule has 0 aliphatic rings. The van der Waals surface area contributed by atoms with E-state index in [1.807, 2.05) is 38.2 Å². The molecule has 0 saturated carbocycles. The summed E-state index contributed by atoms with van der Waals surface area (Å²) in [5, 5.41) is 0. The minimum Gasteiger partial charge on any atom is -0.207 e. The zero-order chi connectivity index (χ0) is 15.0. The highest BCUT2D eigenvalue weighted by atomic mass is 32.2. The summed E-state index contributed by atoms with van der Waals surface area (Å²) in [5.41, 5.74) is 1.03. The van der Waals surface area contributed by atoms with Crippen molar-refractivity contribution in [3.8, 4) is 0 Å². The molecule has 1 aromatic carbocycles. The highest BCUT2D eigenvalue weighted by Gasteiger charge is 2.21. The Kier molecular flexibility index (Phi) is 6.42. The van der Waals surface area contributed by atoms with Gasteiger partial charge in [-0.1, -0.05) is 48.1 Å². The molecule has 4 heteroatoms. The lowest BCUT2D eigenvalue weighted by atomic mass is 10.2. The van der Waals surface area contributed by atoms with Crippen LogP contribution in [0.15, 0.2) is 66.1 Å². The van der Waals surface area contributed by atoms with E-state index in [4.69, 9.17) is 0 Å². The first-order chi connectivity index (χ1) is 9.52. The van der Waals surface area contributed by atoms with E-state index in [2.05, 4.69) is 6.58 Å². The van der Waals surface area contributed by atoms with Crippen LogP contribution >= 0.6 is 0 Å². The Labute approximate surface area is 122 Å². The van der Waals surface area contributed by atoms with Gasteiger partial charge in [0.15, 0.2) is 0 Å². The first-order valence-corrected chi connectivity index (χ1v) is 7.92. The van der Waals surface area contributed by atoms with E-state index in [9.17, 15) is 8.42 Å². The second-order valence-corrected chi connectivity index (χ2v) is 6.32. The second kappa shape index (κ2) is 7.82. The maximum atomic E-state index is 12.5. The maximum absolute atomic E-state index is 12.5. The third-order valence-corrected chi connectivity index (χ3v) is 4.59. The van der Waals surface area contributed by atoms with Crippen LogP contribution in [0.3, 0.4) is 0 Å². The fourth-order valence-corrected chi connectivity index (χ4v) is 3.00. The van der Waals surface area contributed by atoms with E-state index in [0.717, 1.165) is 5.56 Å². The van der Waals surface area contributed by atoms with E-state index < -0.39 is 10.0 Å². The van der Waals surface area contributed by atoms with Crippen LogP contribution in [0, 0.1) is 6.92 Å². The lowest BCUT2D eigenvalue weighted by Crippen LogP contribution is -2.31. The molecule has 108 valence electrons. The van der Waals surface area contributed by atoms with Gasteiger partial charge in [0.2, 0.25) is 10.0 Å². The van der Waals surface area contributed by atoms with Gasteiger partial charge in [-0.15, -0.1) is 6.58 Å². The van der Waals surface area contributed by atoms with Gasteiger partial charge in [-0.25, -0.2) is 8.42 Å². The number of benzene rings is 1. The standard InChI is InChI=1S/C16H21NO2S/c1-4-6-7-8-14-17(13-5-2)20(18,19)16-11-9-15(3)10-12-16/h4-12H,2,13-14H2,1,3H3/b6-4+,8-7+. The van der Waals surface area contributed by atoms with Gasteiger partial charge in [-0.3, -0.25) is 0 Å². The number of rotatable bonds is 7. The van der Waals surface area contributed by atoms with Crippen LogP contribution in [-0.2, 0) is 10.0 Å². The molecule has 0 atom stereocenters. The van der Waals surface area contributed by atoms with E-state index in [0.29, 0.717) is 11.4 Å². The highest BCUT2D eigenvalue weighted by molar-refractivity contribution is 7.89. The monoisotopic (exact) mass is 291 g/mol. The summed E-state index contributed by atoms with van der Waals surface area (Å²) in [6.45, 7) is 8.08. The lowest BCUT2D eigenvalue weighted by molar-refractivity contribution is 0.474. The molecule has 0 amide bonds. The summed E-state index contributed by atoms with van der Waals surface area (Å²) in [7, 11) is -3.48. The Morgan fingerprint density at radius 3 is 2.35 bits per heavy atom. The van der Waals surface area contributed by atoms with Crippen molar-refractivity contribution in [1.82, 2.24) is 4.31 Å². The molecule has 0 saturated heterocycles. The average molecular weight is 291 g/mol. The van der Waals surface area contributed by atoms with Gasteiger partial charge in [-0.2, -0.15) is 4.31 Å². The molecule has 0 heterocycles. The Balaban J connectivity index is 2.99. The van der Waals surface area contributed by atoms with Gasteiger partial charge in [0.1, 0.15) is 0 Å². The Hall–Kier alpha value is -1.65. The van der Waals surface area contributed by atoms with Gasteiger partial charge < -0.3 is 0 Å². The quantitative estimate of drug-likeness (QED) is 0.571.